The normalized spacial score (nSPS) is 15.3. The number of benzene rings is 2. The lowest BCUT2D eigenvalue weighted by molar-refractivity contribution is -0.113. The molecule has 0 bridgehead atoms. The van der Waals surface area contributed by atoms with Crippen molar-refractivity contribution < 1.29 is 9.53 Å². The minimum absolute atomic E-state index is 0.217. The van der Waals surface area contributed by atoms with Crippen LogP contribution in [0.15, 0.2) is 59.8 Å². The first-order valence-electron chi connectivity index (χ1n) is 10.4. The molecule has 1 unspecified atom stereocenters. The number of aryl methyl sites for hydroxylation is 1. The quantitative estimate of drug-likeness (QED) is 0.562. The first kappa shape index (κ1) is 20.6. The third-order valence-electron chi connectivity index (χ3n) is 5.20. The Morgan fingerprint density at radius 3 is 2.84 bits per heavy atom. The molecule has 4 rings (SSSR count). The van der Waals surface area contributed by atoms with E-state index in [1.165, 1.54) is 0 Å². The zero-order valence-corrected chi connectivity index (χ0v) is 17.9. The van der Waals surface area contributed by atoms with Crippen molar-refractivity contribution in [3.8, 4) is 5.75 Å². The Kier molecular flexibility index (Phi) is 5.97. The molecule has 160 valence electrons. The molecule has 1 amide bonds. The van der Waals surface area contributed by atoms with Gasteiger partial charge >= 0.3 is 0 Å². The number of tetrazole rings is 1. The van der Waals surface area contributed by atoms with Crippen molar-refractivity contribution in [2.75, 3.05) is 17.2 Å². The lowest BCUT2D eigenvalue weighted by Crippen LogP contribution is -2.31. The lowest BCUT2D eigenvalue weighted by atomic mass is 9.94. The maximum absolute atomic E-state index is 13.4. The Hall–Kier alpha value is -3.68. The number of carbonyl (C=O) groups excluding carboxylic acids is 1. The summed E-state index contributed by atoms with van der Waals surface area (Å²) in [4.78, 5) is 13.4. The molecule has 0 radical (unpaired) electrons. The zero-order chi connectivity index (χ0) is 21.8. The molecule has 2 heterocycles. The molecule has 0 saturated heterocycles. The highest BCUT2D eigenvalue weighted by atomic mass is 16.5. The van der Waals surface area contributed by atoms with Gasteiger partial charge in [-0.3, -0.25) is 4.79 Å². The van der Waals surface area contributed by atoms with Gasteiger partial charge in [-0.15, -0.1) is 0 Å². The zero-order valence-electron chi connectivity index (χ0n) is 17.9. The summed E-state index contributed by atoms with van der Waals surface area (Å²) in [6.07, 6.45) is 1.99. The molecule has 1 aliphatic rings. The number of unbranched alkanes of at least 4 members (excludes halogenated alkanes) is 1. The first-order valence-corrected chi connectivity index (χ1v) is 10.4. The predicted molar refractivity (Wildman–Crippen MR) is 119 cm³/mol. The molecule has 2 aromatic carbocycles. The van der Waals surface area contributed by atoms with Crippen LogP contribution in [0.5, 0.6) is 5.75 Å². The second kappa shape index (κ2) is 8.99. The number of hydrogen-bond donors (Lipinski definition) is 2. The number of hydrogen-bond acceptors (Lipinski definition) is 6. The molecule has 3 aromatic rings. The Labute approximate surface area is 181 Å². The van der Waals surface area contributed by atoms with Crippen LogP contribution >= 0.6 is 0 Å². The molecule has 8 heteroatoms. The van der Waals surface area contributed by atoms with Crippen LogP contribution in [0, 0.1) is 6.92 Å². The van der Waals surface area contributed by atoms with Gasteiger partial charge in [-0.1, -0.05) is 48.8 Å². The summed E-state index contributed by atoms with van der Waals surface area (Å²) in [6.45, 7) is 6.57. The minimum atomic E-state index is -0.520. The number of allylic oxidation sites excluding steroid dienone is 1. The average molecular weight is 419 g/mol. The number of anilines is 2. The molecule has 0 saturated carbocycles. The Balaban J connectivity index is 1.74. The molecular weight excluding hydrogens is 392 g/mol. The van der Waals surface area contributed by atoms with E-state index >= 15 is 0 Å². The summed E-state index contributed by atoms with van der Waals surface area (Å²) in [5.74, 6) is 0.987. The van der Waals surface area contributed by atoms with Crippen molar-refractivity contribution >= 4 is 17.5 Å². The van der Waals surface area contributed by atoms with Gasteiger partial charge in [0.05, 0.1) is 12.2 Å². The molecule has 0 spiro atoms. The second-order valence-corrected chi connectivity index (χ2v) is 7.58. The molecule has 0 fully saturated rings. The van der Waals surface area contributed by atoms with Crippen LogP contribution in [-0.4, -0.2) is 32.7 Å². The number of nitrogens with one attached hydrogen (secondary N) is 2. The van der Waals surface area contributed by atoms with E-state index in [1.807, 2.05) is 62.4 Å². The average Bonchev–Trinajstić information content (AvgIpc) is 3.21. The van der Waals surface area contributed by atoms with Crippen molar-refractivity contribution in [3.05, 3.63) is 70.9 Å². The summed E-state index contributed by atoms with van der Waals surface area (Å²) in [7, 11) is 0. The molecule has 1 aliphatic heterocycles. The van der Waals surface area contributed by atoms with E-state index in [0.717, 1.165) is 35.4 Å². The van der Waals surface area contributed by atoms with E-state index in [-0.39, 0.29) is 5.91 Å². The van der Waals surface area contributed by atoms with Crippen molar-refractivity contribution in [3.63, 3.8) is 0 Å². The lowest BCUT2D eigenvalue weighted by Gasteiger charge is -2.29. The third kappa shape index (κ3) is 4.28. The van der Waals surface area contributed by atoms with Gasteiger partial charge in [-0.2, -0.15) is 4.68 Å². The monoisotopic (exact) mass is 418 g/mol. The minimum Gasteiger partial charge on any atom is -0.493 e. The van der Waals surface area contributed by atoms with Crippen LogP contribution in [0.2, 0.25) is 0 Å². The number of ether oxygens (including phenoxy) is 1. The predicted octanol–water partition coefficient (Wildman–Crippen LogP) is 4.09. The van der Waals surface area contributed by atoms with Gasteiger partial charge in [0.1, 0.15) is 11.8 Å². The van der Waals surface area contributed by atoms with Crippen molar-refractivity contribution in [2.24, 2.45) is 0 Å². The van der Waals surface area contributed by atoms with Crippen molar-refractivity contribution in [1.82, 2.24) is 20.2 Å². The van der Waals surface area contributed by atoms with Crippen LogP contribution in [0.3, 0.4) is 0 Å². The van der Waals surface area contributed by atoms with Gasteiger partial charge in [-0.05, 0) is 54.5 Å². The van der Waals surface area contributed by atoms with Crippen LogP contribution in [0.25, 0.3) is 0 Å². The highest BCUT2D eigenvalue weighted by molar-refractivity contribution is 6.06. The molecule has 1 atom stereocenters. The number of carbonyl (C=O) groups is 1. The van der Waals surface area contributed by atoms with Gasteiger partial charge in [0, 0.05) is 16.9 Å². The second-order valence-electron chi connectivity index (χ2n) is 7.58. The van der Waals surface area contributed by atoms with Gasteiger partial charge in [0.25, 0.3) is 5.91 Å². The third-order valence-corrected chi connectivity index (χ3v) is 5.20. The number of fused-ring (bicyclic) bond motifs is 1. The van der Waals surface area contributed by atoms with Crippen LogP contribution in [0.1, 0.15) is 43.9 Å². The fourth-order valence-corrected chi connectivity index (χ4v) is 3.68. The van der Waals surface area contributed by atoms with Crippen LogP contribution in [0.4, 0.5) is 11.6 Å². The van der Waals surface area contributed by atoms with Gasteiger partial charge in [-0.25, -0.2) is 0 Å². The summed E-state index contributed by atoms with van der Waals surface area (Å²) < 4.78 is 7.69. The van der Waals surface area contributed by atoms with E-state index in [4.69, 9.17) is 4.74 Å². The topological polar surface area (TPSA) is 94.0 Å². The maximum Gasteiger partial charge on any atom is 0.255 e. The van der Waals surface area contributed by atoms with Crippen molar-refractivity contribution in [2.45, 2.75) is 39.7 Å². The van der Waals surface area contributed by atoms with E-state index < -0.39 is 6.04 Å². The smallest absolute Gasteiger partial charge is 0.255 e. The largest absolute Gasteiger partial charge is 0.493 e. The van der Waals surface area contributed by atoms with Gasteiger partial charge in [0.15, 0.2) is 0 Å². The molecule has 31 heavy (non-hydrogen) atoms. The van der Waals surface area contributed by atoms with Crippen LogP contribution in [-0.2, 0) is 4.79 Å². The number of amides is 1. The summed E-state index contributed by atoms with van der Waals surface area (Å²) in [5.41, 5.74) is 3.87. The summed E-state index contributed by atoms with van der Waals surface area (Å²) in [6, 6.07) is 14.9. The van der Waals surface area contributed by atoms with E-state index in [0.29, 0.717) is 23.8 Å². The fourth-order valence-electron chi connectivity index (χ4n) is 3.68. The molecular formula is C23H26N6O2. The number of nitrogens with zero attached hydrogens (tertiary/aromatic N) is 4. The number of aromatic nitrogens is 4. The summed E-state index contributed by atoms with van der Waals surface area (Å²) >= 11 is 0. The highest BCUT2D eigenvalue weighted by Gasteiger charge is 2.35. The fraction of sp³-hybridized carbons (Fsp3) is 0.304. The molecule has 0 aliphatic carbocycles. The SMILES string of the molecule is CCCCOc1ccccc1C1C(C(=O)Nc2cccc(C)c2)=C(C)Nc2nnnn21. The van der Waals surface area contributed by atoms with E-state index in [9.17, 15) is 4.79 Å². The van der Waals surface area contributed by atoms with E-state index in [2.05, 4.69) is 33.1 Å². The Morgan fingerprint density at radius 2 is 2.03 bits per heavy atom. The van der Waals surface area contributed by atoms with Crippen LogP contribution < -0.4 is 15.4 Å². The molecule has 2 N–H and O–H groups in total. The maximum atomic E-state index is 13.4. The first-order chi connectivity index (χ1) is 15.1. The standard InChI is InChI=1S/C23H26N6O2/c1-4-5-13-31-19-12-7-6-11-18(19)21-20(16(3)24-23-26-27-28-29(21)23)22(30)25-17-10-8-9-15(2)14-17/h6-12,14,21H,4-5,13H2,1-3H3,(H,25,30)(H,24,26,28). The molecule has 1 aromatic heterocycles. The Bertz CT molecular complexity index is 1120. The van der Waals surface area contributed by atoms with Gasteiger partial charge in [0.2, 0.25) is 5.95 Å². The number of rotatable bonds is 7. The highest BCUT2D eigenvalue weighted by Crippen LogP contribution is 2.39. The Morgan fingerprint density at radius 1 is 1.19 bits per heavy atom. The van der Waals surface area contributed by atoms with Crippen molar-refractivity contribution in [1.29, 1.82) is 0 Å². The molecule has 8 nitrogen and oxygen atoms in total. The number of para-hydroxylation sites is 1. The van der Waals surface area contributed by atoms with E-state index in [1.54, 1.807) is 4.68 Å². The van der Waals surface area contributed by atoms with Gasteiger partial charge < -0.3 is 15.4 Å². The summed E-state index contributed by atoms with van der Waals surface area (Å²) in [5, 5.41) is 18.2.